The monoisotopic (exact) mass is 269 g/mol. The van der Waals surface area contributed by atoms with Crippen LogP contribution in [0.1, 0.15) is 23.6 Å². The second-order valence-electron chi connectivity index (χ2n) is 5.05. The van der Waals surface area contributed by atoms with E-state index in [1.165, 1.54) is 5.56 Å². The Morgan fingerprint density at radius 1 is 1.10 bits per heavy atom. The number of carbonyl (C=O) groups excluding carboxylic acids is 1. The van der Waals surface area contributed by atoms with Gasteiger partial charge in [0.15, 0.2) is 12.4 Å². The fourth-order valence-corrected chi connectivity index (χ4v) is 2.19. The number of aryl methyl sites for hydroxylation is 3. The highest BCUT2D eigenvalue weighted by molar-refractivity contribution is 5.91. The maximum absolute atomic E-state index is 12.1. The average Bonchev–Trinajstić information content (AvgIpc) is 2.44. The van der Waals surface area contributed by atoms with E-state index in [0.29, 0.717) is 6.54 Å². The van der Waals surface area contributed by atoms with Crippen molar-refractivity contribution < 1.29 is 9.36 Å². The van der Waals surface area contributed by atoms with Crippen molar-refractivity contribution in [2.45, 2.75) is 33.7 Å². The van der Waals surface area contributed by atoms with Crippen LogP contribution in [0.15, 0.2) is 42.7 Å². The van der Waals surface area contributed by atoms with Crippen LogP contribution in [0.4, 0.5) is 5.69 Å². The van der Waals surface area contributed by atoms with E-state index in [4.69, 9.17) is 0 Å². The van der Waals surface area contributed by atoms with E-state index < -0.39 is 0 Å². The minimum atomic E-state index is -0.00310. The maximum atomic E-state index is 12.1. The van der Waals surface area contributed by atoms with Crippen molar-refractivity contribution in [3.8, 4) is 0 Å². The largest absolute Gasteiger partial charge is 0.320 e. The van der Waals surface area contributed by atoms with E-state index in [0.717, 1.165) is 23.2 Å². The van der Waals surface area contributed by atoms with Crippen molar-refractivity contribution in [3.05, 3.63) is 59.4 Å². The molecule has 0 aliphatic rings. The van der Waals surface area contributed by atoms with Gasteiger partial charge in [0.2, 0.25) is 6.54 Å². The van der Waals surface area contributed by atoms with Crippen LogP contribution in [-0.4, -0.2) is 5.91 Å². The molecule has 0 unspecified atom stereocenters. The van der Waals surface area contributed by atoms with Gasteiger partial charge in [-0.25, -0.2) is 0 Å². The van der Waals surface area contributed by atoms with E-state index in [2.05, 4.69) is 12.2 Å². The van der Waals surface area contributed by atoms with Gasteiger partial charge >= 0.3 is 0 Å². The summed E-state index contributed by atoms with van der Waals surface area (Å²) in [6.45, 7) is 6.46. The van der Waals surface area contributed by atoms with Crippen LogP contribution in [-0.2, 0) is 17.8 Å². The van der Waals surface area contributed by atoms with Crippen LogP contribution in [0.5, 0.6) is 0 Å². The quantitative estimate of drug-likeness (QED) is 0.851. The lowest BCUT2D eigenvalue weighted by molar-refractivity contribution is -0.684. The Kier molecular flexibility index (Phi) is 4.51. The van der Waals surface area contributed by atoms with Crippen molar-refractivity contribution in [1.29, 1.82) is 0 Å². The van der Waals surface area contributed by atoms with Gasteiger partial charge in [0, 0.05) is 17.8 Å². The molecule has 104 valence electrons. The molecule has 3 heteroatoms. The number of hydrogen-bond acceptors (Lipinski definition) is 1. The fraction of sp³-hybridized carbons (Fsp3) is 0.294. The minimum Gasteiger partial charge on any atom is -0.320 e. The van der Waals surface area contributed by atoms with Crippen LogP contribution in [0, 0.1) is 13.8 Å². The average molecular weight is 269 g/mol. The summed E-state index contributed by atoms with van der Waals surface area (Å²) in [5.41, 5.74) is 4.37. The summed E-state index contributed by atoms with van der Waals surface area (Å²) < 4.78 is 1.89. The normalized spacial score (nSPS) is 10.3. The topological polar surface area (TPSA) is 33.0 Å². The van der Waals surface area contributed by atoms with Crippen LogP contribution in [0.25, 0.3) is 0 Å². The zero-order valence-electron chi connectivity index (χ0n) is 12.3. The Balaban J connectivity index is 2.05. The molecule has 0 fully saturated rings. The number of benzene rings is 1. The van der Waals surface area contributed by atoms with Gasteiger partial charge in [-0.05, 0) is 37.0 Å². The predicted octanol–water partition coefficient (Wildman–Crippen LogP) is 2.79. The molecule has 0 spiro atoms. The summed E-state index contributed by atoms with van der Waals surface area (Å²) in [6, 6.07) is 10.1. The number of para-hydroxylation sites is 1. The molecule has 1 heterocycles. The van der Waals surface area contributed by atoms with E-state index in [9.17, 15) is 4.79 Å². The standard InChI is InChI=1S/C17H20N2O/c1-4-15-8-10-19(11-9-15)12-16(20)18-17-13(2)6-5-7-14(17)3/h5-11H,4,12H2,1-3H3/p+1. The lowest BCUT2D eigenvalue weighted by Crippen LogP contribution is -2.39. The Labute approximate surface area is 120 Å². The second kappa shape index (κ2) is 6.33. The molecular formula is C17H21N2O+. The number of amides is 1. The number of rotatable bonds is 4. The van der Waals surface area contributed by atoms with E-state index in [1.807, 2.05) is 61.1 Å². The van der Waals surface area contributed by atoms with Gasteiger partial charge in [-0.1, -0.05) is 25.1 Å². The van der Waals surface area contributed by atoms with Crippen molar-refractivity contribution in [1.82, 2.24) is 0 Å². The summed E-state index contributed by atoms with van der Waals surface area (Å²) in [4.78, 5) is 12.1. The van der Waals surface area contributed by atoms with Crippen LogP contribution in [0.3, 0.4) is 0 Å². The Morgan fingerprint density at radius 3 is 2.25 bits per heavy atom. The zero-order valence-corrected chi connectivity index (χ0v) is 12.3. The molecule has 0 saturated heterocycles. The number of aromatic nitrogens is 1. The summed E-state index contributed by atoms with van der Waals surface area (Å²) in [5, 5.41) is 3.00. The Hall–Kier alpha value is -2.16. The van der Waals surface area contributed by atoms with E-state index in [-0.39, 0.29) is 5.91 Å². The molecule has 0 saturated carbocycles. The molecule has 0 aliphatic heterocycles. The Morgan fingerprint density at radius 2 is 1.70 bits per heavy atom. The lowest BCUT2D eigenvalue weighted by atomic mass is 10.1. The molecular weight excluding hydrogens is 248 g/mol. The predicted molar refractivity (Wildman–Crippen MR) is 80.6 cm³/mol. The number of carbonyl (C=O) groups is 1. The SMILES string of the molecule is CCc1cc[n+](CC(=O)Nc2c(C)cccc2C)cc1. The van der Waals surface area contributed by atoms with Crippen molar-refractivity contribution in [3.63, 3.8) is 0 Å². The first-order chi connectivity index (χ1) is 9.60. The molecule has 0 radical (unpaired) electrons. The third-order valence-corrected chi connectivity index (χ3v) is 3.44. The summed E-state index contributed by atoms with van der Waals surface area (Å²) in [7, 11) is 0. The highest BCUT2D eigenvalue weighted by Gasteiger charge is 2.11. The van der Waals surface area contributed by atoms with Crippen LogP contribution in [0.2, 0.25) is 0 Å². The number of anilines is 1. The van der Waals surface area contributed by atoms with E-state index in [1.54, 1.807) is 0 Å². The van der Waals surface area contributed by atoms with Gasteiger partial charge in [-0.15, -0.1) is 0 Å². The van der Waals surface area contributed by atoms with Gasteiger partial charge < -0.3 is 5.32 Å². The van der Waals surface area contributed by atoms with Gasteiger partial charge in [0.05, 0.1) is 0 Å². The van der Waals surface area contributed by atoms with Crippen molar-refractivity contribution >= 4 is 11.6 Å². The molecule has 3 nitrogen and oxygen atoms in total. The van der Waals surface area contributed by atoms with Gasteiger partial charge in [0.1, 0.15) is 0 Å². The summed E-state index contributed by atoms with van der Waals surface area (Å²) >= 11 is 0. The molecule has 1 aromatic heterocycles. The van der Waals surface area contributed by atoms with E-state index >= 15 is 0 Å². The molecule has 2 rings (SSSR count). The first-order valence-electron chi connectivity index (χ1n) is 6.94. The lowest BCUT2D eigenvalue weighted by Gasteiger charge is -2.10. The van der Waals surface area contributed by atoms with Gasteiger partial charge in [-0.2, -0.15) is 4.57 Å². The minimum absolute atomic E-state index is 0.00310. The number of pyridine rings is 1. The molecule has 0 bridgehead atoms. The van der Waals surface area contributed by atoms with Crippen LogP contribution < -0.4 is 9.88 Å². The molecule has 0 atom stereocenters. The summed E-state index contributed by atoms with van der Waals surface area (Å²) in [6.07, 6.45) is 4.90. The molecule has 1 N–H and O–H groups in total. The van der Waals surface area contributed by atoms with Crippen LogP contribution >= 0.6 is 0 Å². The maximum Gasteiger partial charge on any atom is 0.290 e. The first-order valence-corrected chi connectivity index (χ1v) is 6.94. The third-order valence-electron chi connectivity index (χ3n) is 3.44. The molecule has 2 aromatic rings. The molecule has 20 heavy (non-hydrogen) atoms. The highest BCUT2D eigenvalue weighted by Crippen LogP contribution is 2.19. The number of nitrogens with zero attached hydrogens (tertiary/aromatic N) is 1. The zero-order chi connectivity index (χ0) is 14.5. The smallest absolute Gasteiger partial charge is 0.290 e. The van der Waals surface area contributed by atoms with Crippen molar-refractivity contribution in [2.75, 3.05) is 5.32 Å². The third kappa shape index (κ3) is 3.44. The molecule has 0 aliphatic carbocycles. The number of hydrogen-bond donors (Lipinski definition) is 1. The van der Waals surface area contributed by atoms with Gasteiger partial charge in [-0.3, -0.25) is 4.79 Å². The summed E-state index contributed by atoms with van der Waals surface area (Å²) in [5.74, 6) is -0.00310. The molecule has 1 aromatic carbocycles. The number of nitrogens with one attached hydrogen (secondary N) is 1. The molecule has 1 amide bonds. The fourth-order valence-electron chi connectivity index (χ4n) is 2.19. The van der Waals surface area contributed by atoms with Crippen molar-refractivity contribution in [2.24, 2.45) is 0 Å². The first kappa shape index (κ1) is 14.3. The second-order valence-corrected chi connectivity index (χ2v) is 5.05. The Bertz CT molecular complexity index is 583. The highest BCUT2D eigenvalue weighted by atomic mass is 16.1. The van der Waals surface area contributed by atoms with Gasteiger partial charge in [0.25, 0.3) is 5.91 Å².